The standard InChI is InChI=1S/C17H22BrNO/c1-16-8-3-9-17(2,15(19)20)14(16)7-5-11-4-6-12(18)10-13(11)16/h4,6,10,14H,3,5,7-9H2,1-2H3,(H2,19,20). The van der Waals surface area contributed by atoms with Gasteiger partial charge in [-0.3, -0.25) is 4.79 Å². The molecule has 1 saturated carbocycles. The molecule has 1 amide bonds. The second-order valence-electron chi connectivity index (χ2n) is 6.95. The molecule has 2 aliphatic carbocycles. The van der Waals surface area contributed by atoms with Crippen molar-refractivity contribution < 1.29 is 4.79 Å². The van der Waals surface area contributed by atoms with Gasteiger partial charge in [0, 0.05) is 9.89 Å². The molecule has 3 heteroatoms. The molecule has 20 heavy (non-hydrogen) atoms. The molecule has 0 bridgehead atoms. The van der Waals surface area contributed by atoms with Gasteiger partial charge in [-0.2, -0.15) is 0 Å². The minimum atomic E-state index is -0.354. The van der Waals surface area contributed by atoms with E-state index in [0.29, 0.717) is 5.92 Å². The molecule has 1 aromatic rings. The Morgan fingerprint density at radius 1 is 1.35 bits per heavy atom. The van der Waals surface area contributed by atoms with Crippen molar-refractivity contribution in [1.29, 1.82) is 0 Å². The molecule has 0 aliphatic heterocycles. The maximum Gasteiger partial charge on any atom is 0.223 e. The Balaban J connectivity index is 2.13. The number of hydrogen-bond acceptors (Lipinski definition) is 1. The number of nitrogens with two attached hydrogens (primary N) is 1. The summed E-state index contributed by atoms with van der Waals surface area (Å²) < 4.78 is 1.13. The van der Waals surface area contributed by atoms with Crippen molar-refractivity contribution in [2.75, 3.05) is 0 Å². The molecular formula is C17H22BrNO. The average Bonchev–Trinajstić information content (AvgIpc) is 2.39. The maximum atomic E-state index is 12.1. The number of hydrogen-bond donors (Lipinski definition) is 1. The van der Waals surface area contributed by atoms with Crippen LogP contribution in [0.1, 0.15) is 50.7 Å². The zero-order valence-corrected chi connectivity index (χ0v) is 13.8. The molecule has 3 rings (SSSR count). The fourth-order valence-corrected chi connectivity index (χ4v) is 5.09. The van der Waals surface area contributed by atoms with E-state index in [1.807, 2.05) is 0 Å². The number of carbonyl (C=O) groups is 1. The first-order valence-corrected chi connectivity index (χ1v) is 8.26. The first-order chi connectivity index (χ1) is 9.38. The topological polar surface area (TPSA) is 43.1 Å². The van der Waals surface area contributed by atoms with Crippen LogP contribution < -0.4 is 5.73 Å². The predicted molar refractivity (Wildman–Crippen MR) is 84.5 cm³/mol. The van der Waals surface area contributed by atoms with Crippen LogP contribution in [0.25, 0.3) is 0 Å². The van der Waals surface area contributed by atoms with E-state index in [-0.39, 0.29) is 16.7 Å². The third-order valence-corrected chi connectivity index (χ3v) is 6.38. The summed E-state index contributed by atoms with van der Waals surface area (Å²) in [6, 6.07) is 6.62. The third kappa shape index (κ3) is 1.86. The summed E-state index contributed by atoms with van der Waals surface area (Å²) in [7, 11) is 0. The van der Waals surface area contributed by atoms with Gasteiger partial charge in [-0.1, -0.05) is 42.3 Å². The van der Waals surface area contributed by atoms with Crippen LogP contribution in [0.4, 0.5) is 0 Å². The van der Waals surface area contributed by atoms with Gasteiger partial charge in [0.25, 0.3) is 0 Å². The first-order valence-electron chi connectivity index (χ1n) is 7.47. The molecule has 0 spiro atoms. The summed E-state index contributed by atoms with van der Waals surface area (Å²) in [6.07, 6.45) is 5.31. The molecular weight excluding hydrogens is 314 g/mol. The minimum Gasteiger partial charge on any atom is -0.369 e. The summed E-state index contributed by atoms with van der Waals surface area (Å²) >= 11 is 3.60. The fourth-order valence-electron chi connectivity index (χ4n) is 4.73. The summed E-state index contributed by atoms with van der Waals surface area (Å²) in [5.74, 6) is 0.245. The summed E-state index contributed by atoms with van der Waals surface area (Å²) in [5, 5.41) is 0. The first kappa shape index (κ1) is 14.1. The SMILES string of the molecule is CC1(C(N)=O)CCCC2(C)c3cc(Br)ccc3CCC12. The smallest absolute Gasteiger partial charge is 0.223 e. The average molecular weight is 336 g/mol. The van der Waals surface area contributed by atoms with Crippen LogP contribution in [0.5, 0.6) is 0 Å². The molecule has 0 saturated heterocycles. The fraction of sp³-hybridized carbons (Fsp3) is 0.588. The Morgan fingerprint density at radius 3 is 2.80 bits per heavy atom. The number of amides is 1. The number of fused-ring (bicyclic) bond motifs is 3. The molecule has 1 aromatic carbocycles. The second-order valence-corrected chi connectivity index (χ2v) is 7.86. The number of aryl methyl sites for hydroxylation is 1. The second kappa shape index (κ2) is 4.59. The maximum absolute atomic E-state index is 12.1. The van der Waals surface area contributed by atoms with Gasteiger partial charge in [-0.25, -0.2) is 0 Å². The van der Waals surface area contributed by atoms with E-state index >= 15 is 0 Å². The molecule has 0 aromatic heterocycles. The van der Waals surface area contributed by atoms with Crippen molar-refractivity contribution in [3.05, 3.63) is 33.8 Å². The largest absolute Gasteiger partial charge is 0.369 e. The van der Waals surface area contributed by atoms with Gasteiger partial charge >= 0.3 is 0 Å². The van der Waals surface area contributed by atoms with Crippen LogP contribution >= 0.6 is 15.9 Å². The van der Waals surface area contributed by atoms with E-state index in [4.69, 9.17) is 5.73 Å². The molecule has 2 N–H and O–H groups in total. The highest BCUT2D eigenvalue weighted by molar-refractivity contribution is 9.10. The van der Waals surface area contributed by atoms with E-state index in [1.165, 1.54) is 11.1 Å². The monoisotopic (exact) mass is 335 g/mol. The van der Waals surface area contributed by atoms with Gasteiger partial charge in [-0.15, -0.1) is 0 Å². The van der Waals surface area contributed by atoms with Crippen LogP contribution in [-0.2, 0) is 16.6 Å². The summed E-state index contributed by atoms with van der Waals surface area (Å²) in [5.41, 5.74) is 8.37. The highest BCUT2D eigenvalue weighted by atomic mass is 79.9. The van der Waals surface area contributed by atoms with Crippen LogP contribution in [0.15, 0.2) is 22.7 Å². The van der Waals surface area contributed by atoms with E-state index in [2.05, 4.69) is 48.0 Å². The van der Waals surface area contributed by atoms with Gasteiger partial charge in [0.15, 0.2) is 0 Å². The highest BCUT2D eigenvalue weighted by Gasteiger charge is 2.54. The van der Waals surface area contributed by atoms with Gasteiger partial charge in [0.1, 0.15) is 0 Å². The van der Waals surface area contributed by atoms with Crippen molar-refractivity contribution >= 4 is 21.8 Å². The van der Waals surface area contributed by atoms with Crippen molar-refractivity contribution in [3.63, 3.8) is 0 Å². The highest BCUT2D eigenvalue weighted by Crippen LogP contribution is 2.57. The third-order valence-electron chi connectivity index (χ3n) is 5.88. The molecule has 3 atom stereocenters. The van der Waals surface area contributed by atoms with Crippen molar-refractivity contribution in [1.82, 2.24) is 0 Å². The number of primary amides is 1. The Morgan fingerprint density at radius 2 is 2.10 bits per heavy atom. The van der Waals surface area contributed by atoms with Crippen molar-refractivity contribution in [3.8, 4) is 0 Å². The molecule has 2 aliphatic rings. The lowest BCUT2D eigenvalue weighted by atomic mass is 9.49. The zero-order valence-electron chi connectivity index (χ0n) is 12.2. The lowest BCUT2D eigenvalue weighted by Crippen LogP contribution is -2.54. The van der Waals surface area contributed by atoms with E-state index in [0.717, 1.165) is 36.6 Å². The van der Waals surface area contributed by atoms with Crippen molar-refractivity contribution in [2.45, 2.75) is 51.4 Å². The Hall–Kier alpha value is -0.830. The Kier molecular flexibility index (Phi) is 3.24. The van der Waals surface area contributed by atoms with Gasteiger partial charge < -0.3 is 5.73 Å². The number of benzene rings is 1. The molecule has 0 heterocycles. The van der Waals surface area contributed by atoms with Crippen LogP contribution in [0.2, 0.25) is 0 Å². The minimum absolute atomic E-state index is 0.0827. The lowest BCUT2D eigenvalue weighted by Gasteiger charge is -2.54. The number of halogens is 1. The lowest BCUT2D eigenvalue weighted by molar-refractivity contribution is -0.135. The molecule has 2 nitrogen and oxygen atoms in total. The predicted octanol–water partition coefficient (Wildman–Crippen LogP) is 3.94. The van der Waals surface area contributed by atoms with Crippen molar-refractivity contribution in [2.24, 2.45) is 17.1 Å². The van der Waals surface area contributed by atoms with Crippen LogP contribution in [0.3, 0.4) is 0 Å². The molecule has 1 fully saturated rings. The molecule has 0 radical (unpaired) electrons. The summed E-state index contributed by atoms with van der Waals surface area (Å²) in [6.45, 7) is 4.42. The quantitative estimate of drug-likeness (QED) is 0.829. The molecule has 108 valence electrons. The summed E-state index contributed by atoms with van der Waals surface area (Å²) in [4.78, 5) is 12.1. The van der Waals surface area contributed by atoms with Gasteiger partial charge in [-0.05, 0) is 60.3 Å². The van der Waals surface area contributed by atoms with E-state index < -0.39 is 0 Å². The van der Waals surface area contributed by atoms with Crippen LogP contribution in [0, 0.1) is 11.3 Å². The van der Waals surface area contributed by atoms with E-state index in [9.17, 15) is 4.79 Å². The zero-order chi connectivity index (χ0) is 14.5. The van der Waals surface area contributed by atoms with Gasteiger partial charge in [0.2, 0.25) is 5.91 Å². The number of rotatable bonds is 1. The Bertz CT molecular complexity index is 570. The van der Waals surface area contributed by atoms with Crippen LogP contribution in [-0.4, -0.2) is 5.91 Å². The molecule has 3 unspecified atom stereocenters. The van der Waals surface area contributed by atoms with E-state index in [1.54, 1.807) is 0 Å². The number of carbonyl (C=O) groups excluding carboxylic acids is 1. The normalized spacial score (nSPS) is 36.0. The van der Waals surface area contributed by atoms with Gasteiger partial charge in [0.05, 0.1) is 0 Å². The Labute approximate surface area is 129 Å².